The summed E-state index contributed by atoms with van der Waals surface area (Å²) in [6.07, 6.45) is 1.80. The van der Waals surface area contributed by atoms with Gasteiger partial charge in [-0.25, -0.2) is 13.8 Å². The van der Waals surface area contributed by atoms with Crippen LogP contribution in [0.2, 0.25) is 0 Å². The summed E-state index contributed by atoms with van der Waals surface area (Å²) in [5.74, 6) is -1.24. The molecule has 5 rings (SSSR count). The van der Waals surface area contributed by atoms with E-state index in [4.69, 9.17) is 9.47 Å². The summed E-state index contributed by atoms with van der Waals surface area (Å²) < 4.78 is 40.6. The first-order valence-electron chi connectivity index (χ1n) is 9.32. The van der Waals surface area contributed by atoms with E-state index in [1.165, 1.54) is 12.1 Å². The molecule has 3 aromatic rings. The minimum absolute atomic E-state index is 0.124. The van der Waals surface area contributed by atoms with E-state index in [9.17, 15) is 13.6 Å². The molecule has 0 N–H and O–H groups in total. The van der Waals surface area contributed by atoms with Crippen molar-refractivity contribution in [1.82, 2.24) is 9.55 Å². The van der Waals surface area contributed by atoms with Crippen molar-refractivity contribution >= 4 is 10.9 Å². The van der Waals surface area contributed by atoms with Gasteiger partial charge in [-0.2, -0.15) is 0 Å². The molecule has 0 amide bonds. The summed E-state index contributed by atoms with van der Waals surface area (Å²) >= 11 is 0. The molecule has 0 bridgehead atoms. The van der Waals surface area contributed by atoms with E-state index < -0.39 is 17.4 Å². The lowest BCUT2D eigenvalue weighted by atomic mass is 10.0. The van der Waals surface area contributed by atoms with Crippen molar-refractivity contribution in [3.05, 3.63) is 64.2 Å². The van der Waals surface area contributed by atoms with Gasteiger partial charge in [0, 0.05) is 37.4 Å². The van der Waals surface area contributed by atoms with Crippen molar-refractivity contribution in [2.75, 3.05) is 13.2 Å². The predicted molar refractivity (Wildman–Crippen MR) is 98.9 cm³/mol. The van der Waals surface area contributed by atoms with Crippen molar-refractivity contribution in [2.45, 2.75) is 31.6 Å². The molecule has 1 saturated heterocycles. The highest BCUT2D eigenvalue weighted by Gasteiger charge is 2.38. The van der Waals surface area contributed by atoms with E-state index in [2.05, 4.69) is 4.98 Å². The maximum absolute atomic E-state index is 14.2. The average molecular weight is 384 g/mol. The molecule has 5 nitrogen and oxygen atoms in total. The summed E-state index contributed by atoms with van der Waals surface area (Å²) in [7, 11) is 0. The third-order valence-electron chi connectivity index (χ3n) is 5.54. The smallest absolute Gasteiger partial charge is 0.261 e. The molecule has 0 aliphatic carbocycles. The average Bonchev–Trinajstić information content (AvgIpc) is 3.06. The maximum Gasteiger partial charge on any atom is 0.261 e. The lowest BCUT2D eigenvalue weighted by molar-refractivity contribution is -0.165. The number of aryl methyl sites for hydroxylation is 1. The van der Waals surface area contributed by atoms with Gasteiger partial charge < -0.3 is 9.47 Å². The third-order valence-corrected chi connectivity index (χ3v) is 5.54. The SMILES string of the molecule is O=c1c2ccc(-c3ccc(F)cc3F)cc2nc2n1CCC1(CC2)OCCO1. The van der Waals surface area contributed by atoms with Gasteiger partial charge in [-0.15, -0.1) is 0 Å². The van der Waals surface area contributed by atoms with Gasteiger partial charge in [-0.1, -0.05) is 6.07 Å². The molecule has 2 aliphatic heterocycles. The molecule has 1 spiro atoms. The van der Waals surface area contributed by atoms with Gasteiger partial charge in [0.15, 0.2) is 5.79 Å². The van der Waals surface area contributed by atoms with Crippen LogP contribution in [0.3, 0.4) is 0 Å². The minimum Gasteiger partial charge on any atom is -0.347 e. The largest absolute Gasteiger partial charge is 0.347 e. The van der Waals surface area contributed by atoms with E-state index in [-0.39, 0.29) is 11.1 Å². The van der Waals surface area contributed by atoms with Crippen LogP contribution in [-0.4, -0.2) is 28.6 Å². The Bertz CT molecular complexity index is 1140. The van der Waals surface area contributed by atoms with Crippen LogP contribution in [0.25, 0.3) is 22.0 Å². The highest BCUT2D eigenvalue weighted by molar-refractivity contribution is 5.83. The first kappa shape index (κ1) is 17.5. The fourth-order valence-corrected chi connectivity index (χ4v) is 4.07. The molecule has 0 unspecified atom stereocenters. The lowest BCUT2D eigenvalue weighted by Gasteiger charge is -2.24. The van der Waals surface area contributed by atoms with Crippen LogP contribution >= 0.6 is 0 Å². The highest BCUT2D eigenvalue weighted by Crippen LogP contribution is 2.32. The zero-order valence-electron chi connectivity index (χ0n) is 15.1. The van der Waals surface area contributed by atoms with Gasteiger partial charge in [-0.3, -0.25) is 9.36 Å². The second-order valence-corrected chi connectivity index (χ2v) is 7.20. The van der Waals surface area contributed by atoms with E-state index in [1.807, 2.05) is 0 Å². The van der Waals surface area contributed by atoms with Crippen molar-refractivity contribution in [1.29, 1.82) is 0 Å². The molecule has 1 fully saturated rings. The molecule has 3 heterocycles. The van der Waals surface area contributed by atoms with Crippen LogP contribution < -0.4 is 5.56 Å². The second-order valence-electron chi connectivity index (χ2n) is 7.20. The summed E-state index contributed by atoms with van der Waals surface area (Å²) in [4.78, 5) is 17.7. The number of ether oxygens (including phenoxy) is 2. The van der Waals surface area contributed by atoms with E-state index in [0.29, 0.717) is 61.3 Å². The van der Waals surface area contributed by atoms with Gasteiger partial charge in [0.2, 0.25) is 0 Å². The normalized spacial score (nSPS) is 18.4. The minimum atomic E-state index is -0.650. The molecule has 0 atom stereocenters. The van der Waals surface area contributed by atoms with Crippen LogP contribution in [0, 0.1) is 11.6 Å². The highest BCUT2D eigenvalue weighted by atomic mass is 19.1. The van der Waals surface area contributed by atoms with E-state index >= 15 is 0 Å². The van der Waals surface area contributed by atoms with Gasteiger partial charge >= 0.3 is 0 Å². The Balaban J connectivity index is 1.59. The first-order valence-corrected chi connectivity index (χ1v) is 9.32. The fourth-order valence-electron chi connectivity index (χ4n) is 4.07. The number of hydrogen-bond donors (Lipinski definition) is 0. The number of hydrogen-bond acceptors (Lipinski definition) is 4. The first-order chi connectivity index (χ1) is 13.5. The van der Waals surface area contributed by atoms with Crippen molar-refractivity contribution in [2.24, 2.45) is 0 Å². The predicted octanol–water partition coefficient (Wildman–Crippen LogP) is 3.42. The molecular formula is C21H18F2N2O3. The van der Waals surface area contributed by atoms with E-state index in [0.717, 1.165) is 6.07 Å². The maximum atomic E-state index is 14.2. The Morgan fingerprint density at radius 1 is 1.04 bits per heavy atom. The Morgan fingerprint density at radius 2 is 1.86 bits per heavy atom. The molecular weight excluding hydrogens is 366 g/mol. The van der Waals surface area contributed by atoms with Gasteiger partial charge in [0.05, 0.1) is 24.1 Å². The number of aromatic nitrogens is 2. The Hall–Kier alpha value is -2.64. The van der Waals surface area contributed by atoms with Crippen LogP contribution in [0.5, 0.6) is 0 Å². The molecule has 144 valence electrons. The monoisotopic (exact) mass is 384 g/mol. The molecule has 2 aromatic carbocycles. The number of rotatable bonds is 1. The Kier molecular flexibility index (Phi) is 4.03. The fraction of sp³-hybridized carbons (Fsp3) is 0.333. The molecule has 0 radical (unpaired) electrons. The third kappa shape index (κ3) is 2.82. The van der Waals surface area contributed by atoms with Crippen LogP contribution in [0.1, 0.15) is 18.7 Å². The molecule has 2 aliphatic rings. The summed E-state index contributed by atoms with van der Waals surface area (Å²) in [5, 5.41) is 0.472. The van der Waals surface area contributed by atoms with Crippen LogP contribution in [0.4, 0.5) is 8.78 Å². The molecule has 0 saturated carbocycles. The number of fused-ring (bicyclic) bond motifs is 2. The zero-order valence-corrected chi connectivity index (χ0v) is 15.1. The summed E-state index contributed by atoms with van der Waals surface area (Å²) in [5.41, 5.74) is 1.20. The molecule has 7 heteroatoms. The van der Waals surface area contributed by atoms with E-state index in [1.54, 1.807) is 22.8 Å². The number of benzene rings is 2. The second kappa shape index (κ2) is 6.46. The summed E-state index contributed by atoms with van der Waals surface area (Å²) in [6, 6.07) is 8.44. The molecule has 1 aromatic heterocycles. The standard InChI is InChI=1S/C21H18F2N2O3/c22-14-2-4-15(17(23)12-14)13-1-3-16-18(11-13)24-19-5-6-21(27-9-10-28-21)7-8-25(19)20(16)26/h1-4,11-12H,5-10H2. The van der Waals surface area contributed by atoms with Gasteiger partial charge in [0.25, 0.3) is 5.56 Å². The summed E-state index contributed by atoms with van der Waals surface area (Å²) in [6.45, 7) is 1.60. The van der Waals surface area contributed by atoms with Crippen molar-refractivity contribution in [3.8, 4) is 11.1 Å². The number of nitrogens with zero attached hydrogens (tertiary/aromatic N) is 2. The molecule has 28 heavy (non-hydrogen) atoms. The van der Waals surface area contributed by atoms with Gasteiger partial charge in [-0.05, 0) is 29.8 Å². The Labute approximate surface area is 159 Å². The van der Waals surface area contributed by atoms with Crippen molar-refractivity contribution < 1.29 is 18.3 Å². The van der Waals surface area contributed by atoms with Crippen LogP contribution in [0.15, 0.2) is 41.2 Å². The Morgan fingerprint density at radius 3 is 2.64 bits per heavy atom. The van der Waals surface area contributed by atoms with Crippen molar-refractivity contribution in [3.63, 3.8) is 0 Å². The number of halogens is 2. The topological polar surface area (TPSA) is 53.4 Å². The van der Waals surface area contributed by atoms with Gasteiger partial charge in [0.1, 0.15) is 17.5 Å². The van der Waals surface area contributed by atoms with Crippen LogP contribution in [-0.2, 0) is 22.4 Å². The lowest BCUT2D eigenvalue weighted by Crippen LogP contribution is -2.31. The quantitative estimate of drug-likeness (QED) is 0.645. The zero-order chi connectivity index (χ0) is 19.3.